The maximum Gasteiger partial charge on any atom is 0.338 e. The van der Waals surface area contributed by atoms with Gasteiger partial charge in [-0.3, -0.25) is 9.36 Å². The van der Waals surface area contributed by atoms with Crippen LogP contribution < -0.4 is 19.6 Å². The molecule has 0 aliphatic carbocycles. The maximum atomic E-state index is 13.8. The first-order chi connectivity index (χ1) is 18.3. The number of ether oxygens (including phenoxy) is 2. The number of fused-ring (bicyclic) bond motifs is 1. The van der Waals surface area contributed by atoms with Gasteiger partial charge in [-0.05, 0) is 62.7 Å². The van der Waals surface area contributed by atoms with Crippen LogP contribution in [0.3, 0.4) is 0 Å². The summed E-state index contributed by atoms with van der Waals surface area (Å²) in [6, 6.07) is 17.6. The third kappa shape index (κ3) is 4.85. The van der Waals surface area contributed by atoms with Crippen LogP contribution in [0.2, 0.25) is 5.02 Å². The molecule has 1 aliphatic rings. The largest absolute Gasteiger partial charge is 0.497 e. The first-order valence-electron chi connectivity index (χ1n) is 12.0. The number of nitrogens with zero attached hydrogens (tertiary/aromatic N) is 2. The SMILES string of the molecule is COc1ccc(C2C(C(=O)OC(C)C)=C(C)N=c3s/c(=C\c4ccc(-c5ccccc5Cl)o4)c(=O)n32)cc1. The number of hydrogen-bond acceptors (Lipinski definition) is 7. The van der Waals surface area contributed by atoms with Crippen LogP contribution in [0.25, 0.3) is 17.4 Å². The van der Waals surface area contributed by atoms with Gasteiger partial charge in [-0.15, -0.1) is 0 Å². The smallest absolute Gasteiger partial charge is 0.338 e. The number of rotatable bonds is 6. The first-order valence-corrected chi connectivity index (χ1v) is 13.2. The lowest BCUT2D eigenvalue weighted by atomic mass is 9.96. The van der Waals surface area contributed by atoms with E-state index in [9.17, 15) is 9.59 Å². The molecule has 0 radical (unpaired) electrons. The van der Waals surface area contributed by atoms with Crippen LogP contribution in [-0.2, 0) is 9.53 Å². The minimum Gasteiger partial charge on any atom is -0.497 e. The van der Waals surface area contributed by atoms with Gasteiger partial charge in [0.15, 0.2) is 4.80 Å². The molecular formula is C29H25ClN2O5S. The lowest BCUT2D eigenvalue weighted by molar-refractivity contribution is -0.143. The van der Waals surface area contributed by atoms with E-state index in [4.69, 9.17) is 25.5 Å². The zero-order valence-corrected chi connectivity index (χ0v) is 22.8. The number of carbonyl (C=O) groups is 1. The average Bonchev–Trinajstić information content (AvgIpc) is 3.47. The van der Waals surface area contributed by atoms with Gasteiger partial charge in [-0.2, -0.15) is 0 Å². The molecule has 9 heteroatoms. The number of methoxy groups -OCH3 is 1. The second-order valence-electron chi connectivity index (χ2n) is 8.99. The van der Waals surface area contributed by atoms with Crippen molar-refractivity contribution in [2.24, 2.45) is 4.99 Å². The van der Waals surface area contributed by atoms with Gasteiger partial charge < -0.3 is 13.9 Å². The predicted octanol–water partition coefficient (Wildman–Crippen LogP) is 5.11. The fourth-order valence-electron chi connectivity index (χ4n) is 4.33. The molecule has 0 bridgehead atoms. The lowest BCUT2D eigenvalue weighted by Gasteiger charge is -2.25. The van der Waals surface area contributed by atoms with E-state index in [2.05, 4.69) is 4.99 Å². The van der Waals surface area contributed by atoms with Crippen molar-refractivity contribution < 1.29 is 18.7 Å². The molecule has 1 unspecified atom stereocenters. The van der Waals surface area contributed by atoms with Crippen molar-refractivity contribution in [3.05, 3.63) is 108 Å². The van der Waals surface area contributed by atoms with Crippen LogP contribution in [0.4, 0.5) is 0 Å². The van der Waals surface area contributed by atoms with Crippen molar-refractivity contribution in [3.63, 3.8) is 0 Å². The fourth-order valence-corrected chi connectivity index (χ4v) is 5.58. The fraction of sp³-hybridized carbons (Fsp3) is 0.207. The molecule has 2 aromatic carbocycles. The Labute approximate surface area is 227 Å². The predicted molar refractivity (Wildman–Crippen MR) is 147 cm³/mol. The van der Waals surface area contributed by atoms with Crippen molar-refractivity contribution in [2.75, 3.05) is 7.11 Å². The molecule has 38 heavy (non-hydrogen) atoms. The van der Waals surface area contributed by atoms with Gasteiger partial charge in [0.25, 0.3) is 5.56 Å². The molecule has 194 valence electrons. The van der Waals surface area contributed by atoms with E-state index in [0.717, 1.165) is 11.1 Å². The van der Waals surface area contributed by atoms with Gasteiger partial charge in [0, 0.05) is 11.6 Å². The van der Waals surface area contributed by atoms with E-state index in [1.54, 1.807) is 62.8 Å². The number of aromatic nitrogens is 1. The molecule has 2 aromatic heterocycles. The quantitative estimate of drug-likeness (QED) is 0.313. The highest BCUT2D eigenvalue weighted by molar-refractivity contribution is 7.07. The van der Waals surface area contributed by atoms with Crippen molar-refractivity contribution in [2.45, 2.75) is 32.9 Å². The molecule has 0 fully saturated rings. The zero-order valence-electron chi connectivity index (χ0n) is 21.2. The monoisotopic (exact) mass is 548 g/mol. The van der Waals surface area contributed by atoms with Crippen molar-refractivity contribution >= 4 is 35.0 Å². The van der Waals surface area contributed by atoms with Crippen molar-refractivity contribution in [3.8, 4) is 17.1 Å². The number of furan rings is 1. The normalized spacial score (nSPS) is 15.4. The molecule has 7 nitrogen and oxygen atoms in total. The van der Waals surface area contributed by atoms with E-state index in [1.165, 1.54) is 11.3 Å². The summed E-state index contributed by atoms with van der Waals surface area (Å²) in [5.41, 5.74) is 2.04. The summed E-state index contributed by atoms with van der Waals surface area (Å²) in [5, 5.41) is 0.573. The average molecular weight is 549 g/mol. The van der Waals surface area contributed by atoms with Gasteiger partial charge in [0.2, 0.25) is 0 Å². The highest BCUT2D eigenvalue weighted by Crippen LogP contribution is 2.32. The number of thiazole rings is 1. The Morgan fingerprint density at radius 3 is 2.55 bits per heavy atom. The van der Waals surface area contributed by atoms with Gasteiger partial charge in [0.1, 0.15) is 17.3 Å². The number of carbonyl (C=O) groups excluding carboxylic acids is 1. The second-order valence-corrected chi connectivity index (χ2v) is 10.4. The maximum absolute atomic E-state index is 13.8. The molecular weight excluding hydrogens is 524 g/mol. The minimum absolute atomic E-state index is 0.285. The van der Waals surface area contributed by atoms with Crippen molar-refractivity contribution in [1.29, 1.82) is 0 Å². The lowest BCUT2D eigenvalue weighted by Crippen LogP contribution is -2.40. The summed E-state index contributed by atoms with van der Waals surface area (Å²) in [4.78, 5) is 32.1. The van der Waals surface area contributed by atoms with Crippen LogP contribution >= 0.6 is 22.9 Å². The standard InChI is InChI=1S/C29H25ClN2O5S/c1-16(2)36-28(34)25-17(3)31-29-32(26(25)18-9-11-19(35-4)12-10-18)27(33)24(38-29)15-20-13-14-23(37-20)21-7-5-6-8-22(21)30/h5-16,26H,1-4H3/b24-15-. The molecule has 0 saturated heterocycles. The van der Waals surface area contributed by atoms with Gasteiger partial charge >= 0.3 is 5.97 Å². The van der Waals surface area contributed by atoms with Gasteiger partial charge in [-0.1, -0.05) is 47.2 Å². The second kappa shape index (κ2) is 10.5. The minimum atomic E-state index is -0.708. The molecule has 5 rings (SSSR count). The van der Waals surface area contributed by atoms with E-state index < -0.39 is 12.0 Å². The highest BCUT2D eigenvalue weighted by Gasteiger charge is 2.33. The van der Waals surface area contributed by atoms with Gasteiger partial charge in [-0.25, -0.2) is 9.79 Å². The molecule has 1 atom stereocenters. The Bertz CT molecular complexity index is 1730. The summed E-state index contributed by atoms with van der Waals surface area (Å²) in [6.45, 7) is 5.32. The van der Waals surface area contributed by atoms with Gasteiger partial charge in [0.05, 0.1) is 40.1 Å². The molecule has 3 heterocycles. The first kappa shape index (κ1) is 25.8. The van der Waals surface area contributed by atoms with E-state index in [-0.39, 0.29) is 11.7 Å². The van der Waals surface area contributed by atoms with E-state index >= 15 is 0 Å². The Balaban J connectivity index is 1.64. The number of allylic oxidation sites excluding steroid dienone is 1. The van der Waals surface area contributed by atoms with Crippen LogP contribution in [0, 0.1) is 0 Å². The summed E-state index contributed by atoms with van der Waals surface area (Å²) in [5.74, 6) is 1.26. The Kier molecular flexibility index (Phi) is 7.10. The van der Waals surface area contributed by atoms with Crippen LogP contribution in [0.5, 0.6) is 5.75 Å². The third-order valence-corrected chi connectivity index (χ3v) is 7.37. The van der Waals surface area contributed by atoms with E-state index in [0.29, 0.717) is 42.9 Å². The number of halogens is 1. The molecule has 4 aromatic rings. The molecule has 0 amide bonds. The summed E-state index contributed by atoms with van der Waals surface area (Å²) in [6.07, 6.45) is 1.36. The highest BCUT2D eigenvalue weighted by atomic mass is 35.5. The summed E-state index contributed by atoms with van der Waals surface area (Å²) < 4.78 is 18.8. The van der Waals surface area contributed by atoms with Crippen LogP contribution in [0.1, 0.15) is 38.1 Å². The number of benzene rings is 2. The molecule has 0 spiro atoms. The van der Waals surface area contributed by atoms with Crippen LogP contribution in [0.15, 0.2) is 86.1 Å². The number of esters is 1. The summed E-state index contributed by atoms with van der Waals surface area (Å²) >= 11 is 7.55. The van der Waals surface area contributed by atoms with E-state index in [1.807, 2.05) is 36.4 Å². The third-order valence-electron chi connectivity index (χ3n) is 6.06. The Morgan fingerprint density at radius 2 is 1.87 bits per heavy atom. The van der Waals surface area contributed by atoms with Crippen molar-refractivity contribution in [1.82, 2.24) is 4.57 Å². The molecule has 1 aliphatic heterocycles. The zero-order chi connectivity index (χ0) is 27.0. The Hall–Kier alpha value is -3.88. The Morgan fingerprint density at radius 1 is 1.13 bits per heavy atom. The molecule has 0 N–H and O–H groups in total. The molecule has 0 saturated carbocycles. The number of hydrogen-bond donors (Lipinski definition) is 0. The topological polar surface area (TPSA) is 83.0 Å². The van der Waals surface area contributed by atoms with Crippen LogP contribution in [-0.4, -0.2) is 23.8 Å². The summed E-state index contributed by atoms with van der Waals surface area (Å²) in [7, 11) is 1.58.